The van der Waals surface area contributed by atoms with Crippen molar-refractivity contribution < 1.29 is 17.9 Å². The zero-order valence-electron chi connectivity index (χ0n) is 13.8. The number of hydrogen-bond donors (Lipinski definition) is 1. The molecule has 26 heavy (non-hydrogen) atoms. The van der Waals surface area contributed by atoms with E-state index in [4.69, 9.17) is 21.1 Å². The quantitative estimate of drug-likeness (QED) is 0.648. The average Bonchev–Trinajstić information content (AvgIpc) is 2.64. The number of para-hydroxylation sites is 1. The zero-order valence-corrected chi connectivity index (χ0v) is 15.4. The highest BCUT2D eigenvalue weighted by Gasteiger charge is 2.17. The van der Waals surface area contributed by atoms with Crippen LogP contribution in [0.15, 0.2) is 77.7 Å². The fourth-order valence-electron chi connectivity index (χ4n) is 2.25. The van der Waals surface area contributed by atoms with Gasteiger partial charge >= 0.3 is 0 Å². The Morgan fingerprint density at radius 2 is 1.58 bits per heavy atom. The van der Waals surface area contributed by atoms with Gasteiger partial charge in [0.1, 0.15) is 11.5 Å². The van der Waals surface area contributed by atoms with Gasteiger partial charge in [0.05, 0.1) is 17.7 Å². The Hall–Kier alpha value is -2.70. The third-order valence-corrected chi connectivity index (χ3v) is 5.14. The van der Waals surface area contributed by atoms with Gasteiger partial charge in [-0.1, -0.05) is 29.8 Å². The lowest BCUT2D eigenvalue weighted by atomic mass is 10.3. The first-order valence-electron chi connectivity index (χ1n) is 7.67. The second kappa shape index (κ2) is 7.68. The monoisotopic (exact) mass is 389 g/mol. The highest BCUT2D eigenvalue weighted by Crippen LogP contribution is 2.33. The third kappa shape index (κ3) is 4.28. The molecule has 134 valence electrons. The van der Waals surface area contributed by atoms with E-state index < -0.39 is 10.0 Å². The fourth-order valence-corrected chi connectivity index (χ4v) is 3.48. The standard InChI is InChI=1S/C19H16ClNO4S/c1-24-15-8-10-17(11-9-15)26(22,23)21-18-13-14(20)7-12-19(18)25-16-5-3-2-4-6-16/h2-13,21H,1H3. The van der Waals surface area contributed by atoms with Crippen LogP contribution in [-0.2, 0) is 10.0 Å². The molecule has 0 aliphatic rings. The minimum absolute atomic E-state index is 0.101. The number of anilines is 1. The number of nitrogens with one attached hydrogen (secondary N) is 1. The van der Waals surface area contributed by atoms with Crippen LogP contribution < -0.4 is 14.2 Å². The van der Waals surface area contributed by atoms with E-state index in [9.17, 15) is 8.42 Å². The molecule has 0 atom stereocenters. The summed E-state index contributed by atoms with van der Waals surface area (Å²) in [5.74, 6) is 1.50. The Kier molecular flexibility index (Phi) is 5.35. The Labute approximate surface area is 157 Å². The summed E-state index contributed by atoms with van der Waals surface area (Å²) in [6.07, 6.45) is 0. The first kappa shape index (κ1) is 18.1. The van der Waals surface area contributed by atoms with Gasteiger partial charge in [0.25, 0.3) is 10.0 Å². The Morgan fingerprint density at radius 1 is 0.885 bits per heavy atom. The van der Waals surface area contributed by atoms with Crippen LogP contribution in [0.1, 0.15) is 0 Å². The molecule has 0 saturated heterocycles. The lowest BCUT2D eigenvalue weighted by Gasteiger charge is -2.14. The van der Waals surface area contributed by atoms with E-state index in [1.54, 1.807) is 36.4 Å². The van der Waals surface area contributed by atoms with E-state index in [2.05, 4.69) is 4.72 Å². The summed E-state index contributed by atoms with van der Waals surface area (Å²) in [5, 5.41) is 0.387. The molecule has 3 aromatic rings. The summed E-state index contributed by atoms with van der Waals surface area (Å²) in [6.45, 7) is 0. The molecule has 0 unspecified atom stereocenters. The van der Waals surface area contributed by atoms with E-state index in [-0.39, 0.29) is 10.6 Å². The van der Waals surface area contributed by atoms with E-state index >= 15 is 0 Å². The Morgan fingerprint density at radius 3 is 2.23 bits per heavy atom. The van der Waals surface area contributed by atoms with Crippen molar-refractivity contribution in [2.45, 2.75) is 4.90 Å². The maximum Gasteiger partial charge on any atom is 0.262 e. The number of halogens is 1. The summed E-state index contributed by atoms with van der Waals surface area (Å²) in [4.78, 5) is 0.101. The lowest BCUT2D eigenvalue weighted by Crippen LogP contribution is -2.13. The van der Waals surface area contributed by atoms with Gasteiger partial charge in [-0.15, -0.1) is 0 Å². The molecule has 3 aromatic carbocycles. The highest BCUT2D eigenvalue weighted by atomic mass is 35.5. The molecule has 7 heteroatoms. The average molecular weight is 390 g/mol. The molecule has 5 nitrogen and oxygen atoms in total. The first-order valence-corrected chi connectivity index (χ1v) is 9.53. The normalized spacial score (nSPS) is 11.0. The van der Waals surface area contributed by atoms with Crippen molar-refractivity contribution in [1.29, 1.82) is 0 Å². The number of methoxy groups -OCH3 is 1. The van der Waals surface area contributed by atoms with Gasteiger partial charge < -0.3 is 9.47 Å². The van der Waals surface area contributed by atoms with E-state index in [0.29, 0.717) is 22.3 Å². The van der Waals surface area contributed by atoms with Gasteiger partial charge in [0.15, 0.2) is 5.75 Å². The number of benzene rings is 3. The summed E-state index contributed by atoms with van der Waals surface area (Å²) >= 11 is 6.03. The third-order valence-electron chi connectivity index (χ3n) is 3.53. The molecule has 0 aromatic heterocycles. The number of rotatable bonds is 6. The van der Waals surface area contributed by atoms with Gasteiger partial charge in [-0.3, -0.25) is 4.72 Å². The van der Waals surface area contributed by atoms with Gasteiger partial charge in [-0.05, 0) is 54.6 Å². The molecule has 0 aliphatic heterocycles. The topological polar surface area (TPSA) is 64.6 Å². The SMILES string of the molecule is COc1ccc(S(=O)(=O)Nc2cc(Cl)ccc2Oc2ccccc2)cc1. The molecule has 0 amide bonds. The van der Waals surface area contributed by atoms with E-state index in [1.165, 1.54) is 25.3 Å². The van der Waals surface area contributed by atoms with Gasteiger partial charge in [-0.2, -0.15) is 0 Å². The first-order chi connectivity index (χ1) is 12.5. The predicted molar refractivity (Wildman–Crippen MR) is 102 cm³/mol. The van der Waals surface area contributed by atoms with Crippen LogP contribution in [0.25, 0.3) is 0 Å². The van der Waals surface area contributed by atoms with Crippen LogP contribution in [0.2, 0.25) is 5.02 Å². The predicted octanol–water partition coefficient (Wildman–Crippen LogP) is 4.94. The van der Waals surface area contributed by atoms with Crippen molar-refractivity contribution in [3.05, 3.63) is 77.8 Å². The second-order valence-electron chi connectivity index (χ2n) is 5.34. The molecule has 0 fully saturated rings. The maximum atomic E-state index is 12.7. The smallest absolute Gasteiger partial charge is 0.262 e. The summed E-state index contributed by atoms with van der Waals surface area (Å²) < 4.78 is 38.7. The second-order valence-corrected chi connectivity index (χ2v) is 7.46. The van der Waals surface area contributed by atoms with Crippen LogP contribution in [-0.4, -0.2) is 15.5 Å². The van der Waals surface area contributed by atoms with Crippen LogP contribution in [0.4, 0.5) is 5.69 Å². The molecule has 3 rings (SSSR count). The Bertz CT molecular complexity index is 990. The van der Waals surface area contributed by atoms with Crippen LogP contribution >= 0.6 is 11.6 Å². The number of sulfonamides is 1. The molecule has 1 N–H and O–H groups in total. The fraction of sp³-hybridized carbons (Fsp3) is 0.0526. The van der Waals surface area contributed by atoms with Gasteiger partial charge in [0, 0.05) is 5.02 Å². The summed E-state index contributed by atoms with van der Waals surface area (Å²) in [6, 6.07) is 19.9. The molecule has 0 bridgehead atoms. The van der Waals surface area contributed by atoms with Crippen molar-refractivity contribution in [3.63, 3.8) is 0 Å². The van der Waals surface area contributed by atoms with Crippen molar-refractivity contribution in [3.8, 4) is 17.2 Å². The minimum Gasteiger partial charge on any atom is -0.497 e. The lowest BCUT2D eigenvalue weighted by molar-refractivity contribution is 0.414. The molecular weight excluding hydrogens is 374 g/mol. The maximum absolute atomic E-state index is 12.7. The number of ether oxygens (including phenoxy) is 2. The number of hydrogen-bond acceptors (Lipinski definition) is 4. The molecule has 0 radical (unpaired) electrons. The molecule has 0 saturated carbocycles. The van der Waals surface area contributed by atoms with Crippen molar-refractivity contribution in [2.75, 3.05) is 11.8 Å². The van der Waals surface area contributed by atoms with Gasteiger partial charge in [-0.25, -0.2) is 8.42 Å². The minimum atomic E-state index is -3.81. The molecule has 0 aliphatic carbocycles. The van der Waals surface area contributed by atoms with Crippen molar-refractivity contribution in [1.82, 2.24) is 0 Å². The molecule has 0 spiro atoms. The van der Waals surface area contributed by atoms with Crippen LogP contribution in [0.5, 0.6) is 17.2 Å². The Balaban J connectivity index is 1.91. The van der Waals surface area contributed by atoms with Gasteiger partial charge in [0.2, 0.25) is 0 Å². The summed E-state index contributed by atoms with van der Waals surface area (Å²) in [7, 11) is -2.30. The molecular formula is C19H16ClNO4S. The highest BCUT2D eigenvalue weighted by molar-refractivity contribution is 7.92. The zero-order chi connectivity index (χ0) is 18.6. The van der Waals surface area contributed by atoms with Crippen molar-refractivity contribution in [2.24, 2.45) is 0 Å². The molecule has 0 heterocycles. The van der Waals surface area contributed by atoms with Crippen molar-refractivity contribution >= 4 is 27.3 Å². The van der Waals surface area contributed by atoms with Crippen LogP contribution in [0.3, 0.4) is 0 Å². The van der Waals surface area contributed by atoms with E-state index in [0.717, 1.165) is 0 Å². The largest absolute Gasteiger partial charge is 0.497 e. The van der Waals surface area contributed by atoms with E-state index in [1.807, 2.05) is 18.2 Å². The van der Waals surface area contributed by atoms with Crippen LogP contribution in [0, 0.1) is 0 Å². The summed E-state index contributed by atoms with van der Waals surface area (Å²) in [5.41, 5.74) is 0.247.